The summed E-state index contributed by atoms with van der Waals surface area (Å²) in [6.45, 7) is 5.49. The van der Waals surface area contributed by atoms with Gasteiger partial charge in [-0.3, -0.25) is 4.79 Å². The Balaban J connectivity index is 4.31. The van der Waals surface area contributed by atoms with Gasteiger partial charge in [-0.05, 0) is 25.8 Å². The van der Waals surface area contributed by atoms with Gasteiger partial charge in [0.2, 0.25) is 5.91 Å². The lowest BCUT2D eigenvalue weighted by molar-refractivity contribution is -0.147. The third-order valence-electron chi connectivity index (χ3n) is 2.53. The van der Waals surface area contributed by atoms with Crippen molar-refractivity contribution in [3.63, 3.8) is 0 Å². The topological polar surface area (TPSA) is 92.4 Å². The van der Waals surface area contributed by atoms with Crippen LogP contribution in [-0.2, 0) is 9.59 Å². The maximum atomic E-state index is 11.5. The van der Waals surface area contributed by atoms with Gasteiger partial charge in [0.1, 0.15) is 5.54 Å². The summed E-state index contributed by atoms with van der Waals surface area (Å²) >= 11 is 0. The van der Waals surface area contributed by atoms with Gasteiger partial charge < -0.3 is 16.2 Å². The molecule has 0 fully saturated rings. The molecular formula is C10H20N2O3. The van der Waals surface area contributed by atoms with E-state index in [0.717, 1.165) is 0 Å². The summed E-state index contributed by atoms with van der Waals surface area (Å²) in [6, 6.07) is 0. The highest BCUT2D eigenvalue weighted by molar-refractivity contribution is 5.86. The van der Waals surface area contributed by atoms with E-state index < -0.39 is 11.5 Å². The molecule has 0 aromatic heterocycles. The Kier molecular flexibility index (Phi) is 5.28. The van der Waals surface area contributed by atoms with Gasteiger partial charge in [-0.1, -0.05) is 13.8 Å². The third-order valence-corrected chi connectivity index (χ3v) is 2.53. The molecule has 0 aliphatic carbocycles. The summed E-state index contributed by atoms with van der Waals surface area (Å²) in [5.41, 5.74) is 4.20. The predicted molar refractivity (Wildman–Crippen MR) is 57.3 cm³/mol. The van der Waals surface area contributed by atoms with Crippen molar-refractivity contribution in [3.05, 3.63) is 0 Å². The molecule has 0 aliphatic heterocycles. The van der Waals surface area contributed by atoms with Crippen LogP contribution in [0.4, 0.5) is 0 Å². The Labute approximate surface area is 90.0 Å². The minimum absolute atomic E-state index is 0.0694. The van der Waals surface area contributed by atoms with Gasteiger partial charge in [-0.15, -0.1) is 0 Å². The minimum atomic E-state index is -1.18. The average Bonchev–Trinajstić information content (AvgIpc) is 2.16. The van der Waals surface area contributed by atoms with Crippen LogP contribution in [0.1, 0.15) is 33.6 Å². The van der Waals surface area contributed by atoms with E-state index in [2.05, 4.69) is 5.32 Å². The quantitative estimate of drug-likeness (QED) is 0.597. The van der Waals surface area contributed by atoms with Crippen LogP contribution in [0.3, 0.4) is 0 Å². The second-order valence-corrected chi connectivity index (χ2v) is 4.08. The number of carbonyl (C=O) groups is 2. The molecule has 0 aromatic rings. The van der Waals surface area contributed by atoms with E-state index in [0.29, 0.717) is 13.0 Å². The van der Waals surface area contributed by atoms with Gasteiger partial charge >= 0.3 is 5.97 Å². The highest BCUT2D eigenvalue weighted by Crippen LogP contribution is 2.10. The number of carbonyl (C=O) groups excluding carboxylic acids is 1. The van der Waals surface area contributed by atoms with Crippen LogP contribution in [0.15, 0.2) is 0 Å². The minimum Gasteiger partial charge on any atom is -0.480 e. The Hall–Kier alpha value is -1.10. The molecule has 0 spiro atoms. The van der Waals surface area contributed by atoms with E-state index in [1.165, 1.54) is 6.92 Å². The van der Waals surface area contributed by atoms with Gasteiger partial charge in [0.25, 0.3) is 0 Å². The summed E-state index contributed by atoms with van der Waals surface area (Å²) in [7, 11) is 0. The zero-order chi connectivity index (χ0) is 12.1. The Morgan fingerprint density at radius 1 is 1.53 bits per heavy atom. The lowest BCUT2D eigenvalue weighted by atomic mass is 9.98. The second kappa shape index (κ2) is 5.70. The second-order valence-electron chi connectivity index (χ2n) is 4.08. The van der Waals surface area contributed by atoms with Crippen molar-refractivity contribution in [2.24, 2.45) is 11.7 Å². The molecule has 0 saturated carbocycles. The molecule has 0 radical (unpaired) electrons. The van der Waals surface area contributed by atoms with Crippen LogP contribution >= 0.6 is 0 Å². The first-order valence-electron chi connectivity index (χ1n) is 5.10. The number of carboxylic acids is 1. The number of rotatable bonds is 6. The van der Waals surface area contributed by atoms with Crippen LogP contribution in [-0.4, -0.2) is 29.1 Å². The van der Waals surface area contributed by atoms with Gasteiger partial charge in [0.05, 0.1) is 0 Å². The van der Waals surface area contributed by atoms with Crippen molar-refractivity contribution in [1.29, 1.82) is 0 Å². The number of amides is 1. The molecule has 2 unspecified atom stereocenters. The number of carboxylic acid groups (broad SMARTS) is 1. The number of hydrogen-bond acceptors (Lipinski definition) is 3. The lowest BCUT2D eigenvalue weighted by Gasteiger charge is -2.25. The number of hydrogen-bond donors (Lipinski definition) is 3. The van der Waals surface area contributed by atoms with Crippen molar-refractivity contribution in [1.82, 2.24) is 5.32 Å². The fourth-order valence-electron chi connectivity index (χ4n) is 1.05. The molecule has 4 N–H and O–H groups in total. The Morgan fingerprint density at radius 3 is 2.40 bits per heavy atom. The maximum Gasteiger partial charge on any atom is 0.329 e. The van der Waals surface area contributed by atoms with Gasteiger partial charge in [-0.25, -0.2) is 4.79 Å². The van der Waals surface area contributed by atoms with Crippen LogP contribution in [0, 0.1) is 5.92 Å². The molecule has 0 aromatic carbocycles. The monoisotopic (exact) mass is 216 g/mol. The van der Waals surface area contributed by atoms with Crippen LogP contribution in [0.2, 0.25) is 0 Å². The van der Waals surface area contributed by atoms with Gasteiger partial charge in [-0.2, -0.15) is 0 Å². The molecule has 88 valence electrons. The van der Waals surface area contributed by atoms with Crippen LogP contribution in [0.25, 0.3) is 0 Å². The van der Waals surface area contributed by atoms with E-state index in [9.17, 15) is 9.59 Å². The normalized spacial score (nSPS) is 16.5. The summed E-state index contributed by atoms with van der Waals surface area (Å²) in [5.74, 6) is -1.21. The highest BCUT2D eigenvalue weighted by Gasteiger charge is 2.32. The molecule has 0 bridgehead atoms. The van der Waals surface area contributed by atoms with Crippen molar-refractivity contribution < 1.29 is 14.7 Å². The first-order valence-corrected chi connectivity index (χ1v) is 5.10. The fourth-order valence-corrected chi connectivity index (χ4v) is 1.05. The van der Waals surface area contributed by atoms with Crippen molar-refractivity contribution in [2.75, 3.05) is 6.54 Å². The zero-order valence-electron chi connectivity index (χ0n) is 9.54. The fraction of sp³-hybridized carbons (Fsp3) is 0.800. The largest absolute Gasteiger partial charge is 0.480 e. The first kappa shape index (κ1) is 13.9. The molecule has 0 saturated heterocycles. The van der Waals surface area contributed by atoms with Crippen molar-refractivity contribution in [2.45, 2.75) is 39.2 Å². The molecule has 5 heteroatoms. The highest BCUT2D eigenvalue weighted by atomic mass is 16.4. The van der Waals surface area contributed by atoms with Crippen molar-refractivity contribution >= 4 is 11.9 Å². The van der Waals surface area contributed by atoms with Gasteiger partial charge in [0.15, 0.2) is 0 Å². The van der Waals surface area contributed by atoms with E-state index in [4.69, 9.17) is 10.8 Å². The Bertz CT molecular complexity index is 243. The summed E-state index contributed by atoms with van der Waals surface area (Å²) in [4.78, 5) is 22.4. The summed E-state index contributed by atoms with van der Waals surface area (Å²) < 4.78 is 0. The van der Waals surface area contributed by atoms with Crippen LogP contribution < -0.4 is 11.1 Å². The molecule has 2 atom stereocenters. The van der Waals surface area contributed by atoms with E-state index in [1.54, 1.807) is 6.92 Å². The van der Waals surface area contributed by atoms with E-state index >= 15 is 0 Å². The summed E-state index contributed by atoms with van der Waals surface area (Å²) in [5, 5.41) is 11.4. The molecule has 0 aliphatic rings. The molecule has 15 heavy (non-hydrogen) atoms. The number of nitrogens with one attached hydrogen (secondary N) is 1. The van der Waals surface area contributed by atoms with E-state index in [1.807, 2.05) is 6.92 Å². The molecule has 1 amide bonds. The zero-order valence-corrected chi connectivity index (χ0v) is 9.54. The number of aliphatic carboxylic acids is 1. The molecule has 5 nitrogen and oxygen atoms in total. The summed E-state index contributed by atoms with van der Waals surface area (Å²) in [6.07, 6.45) is 0.616. The average molecular weight is 216 g/mol. The number of nitrogens with two attached hydrogens (primary N) is 1. The van der Waals surface area contributed by atoms with E-state index in [-0.39, 0.29) is 18.2 Å². The molecular weight excluding hydrogens is 196 g/mol. The standard InChI is InChI=1S/C10H20N2O3/c1-4-10(3,9(14)15)12-8(13)5-7(2)6-11/h7H,4-6,11H2,1-3H3,(H,12,13)(H,14,15). The smallest absolute Gasteiger partial charge is 0.329 e. The van der Waals surface area contributed by atoms with Crippen LogP contribution in [0.5, 0.6) is 0 Å². The Morgan fingerprint density at radius 2 is 2.07 bits per heavy atom. The predicted octanol–water partition coefficient (Wildman–Crippen LogP) is 0.341. The third kappa shape index (κ3) is 4.29. The first-order chi connectivity index (χ1) is 6.85. The van der Waals surface area contributed by atoms with Crippen molar-refractivity contribution in [3.8, 4) is 0 Å². The molecule has 0 heterocycles. The SMILES string of the molecule is CCC(C)(NC(=O)CC(C)CN)C(=O)O. The maximum absolute atomic E-state index is 11.5. The van der Waals surface area contributed by atoms with Gasteiger partial charge in [0, 0.05) is 6.42 Å². The molecule has 0 rings (SSSR count). The lowest BCUT2D eigenvalue weighted by Crippen LogP contribution is -2.52.